The van der Waals surface area contributed by atoms with Crippen LogP contribution in [-0.4, -0.2) is 42.5 Å². The van der Waals surface area contributed by atoms with Crippen molar-refractivity contribution in [2.75, 3.05) is 31.3 Å². The molecule has 1 aromatic rings. The van der Waals surface area contributed by atoms with E-state index in [1.54, 1.807) is 0 Å². The summed E-state index contributed by atoms with van der Waals surface area (Å²) in [5.74, 6) is 2.13. The second kappa shape index (κ2) is 25.5. The smallest absolute Gasteiger partial charge is 0.0895 e. The van der Waals surface area contributed by atoms with Gasteiger partial charge in [0.05, 0.1) is 19.3 Å². The zero-order chi connectivity index (χ0) is 24.4. The fraction of sp³-hybridized carbons (Fsp3) is 0.800. The predicted octanol–water partition coefficient (Wildman–Crippen LogP) is 8.58. The second-order valence-electron chi connectivity index (χ2n) is 9.59. The van der Waals surface area contributed by atoms with Crippen LogP contribution >= 0.6 is 11.8 Å². The quantitative estimate of drug-likeness (QED) is 0.131. The molecule has 0 aromatic heterocycles. The number of ether oxygens (including phenoxy) is 2. The summed E-state index contributed by atoms with van der Waals surface area (Å²) in [5.41, 5.74) is 1.25. The van der Waals surface area contributed by atoms with Crippen LogP contribution in [0.2, 0.25) is 0 Å². The molecule has 1 atom stereocenters. The maximum atomic E-state index is 9.57. The van der Waals surface area contributed by atoms with Crippen molar-refractivity contribution in [3.05, 3.63) is 35.9 Å². The fourth-order valence-electron chi connectivity index (χ4n) is 4.09. The highest BCUT2D eigenvalue weighted by molar-refractivity contribution is 7.99. The van der Waals surface area contributed by atoms with E-state index in [1.807, 2.05) is 17.8 Å². The Bertz CT molecular complexity index is 511. The van der Waals surface area contributed by atoms with Gasteiger partial charge in [0.15, 0.2) is 0 Å². The minimum absolute atomic E-state index is 0.00915. The molecule has 0 fully saturated rings. The monoisotopic (exact) mass is 494 g/mol. The van der Waals surface area contributed by atoms with Crippen molar-refractivity contribution >= 4 is 11.8 Å². The highest BCUT2D eigenvalue weighted by Gasteiger charge is 2.07. The summed E-state index contributed by atoms with van der Waals surface area (Å²) in [4.78, 5) is 0. The Morgan fingerprint density at radius 1 is 0.706 bits per heavy atom. The van der Waals surface area contributed by atoms with Crippen LogP contribution < -0.4 is 0 Å². The Hall–Kier alpha value is -0.550. The summed E-state index contributed by atoms with van der Waals surface area (Å²) >= 11 is 1.95. The Labute approximate surface area is 215 Å². The van der Waals surface area contributed by atoms with Gasteiger partial charge in [0.2, 0.25) is 0 Å². The second-order valence-corrected chi connectivity index (χ2v) is 10.7. The van der Waals surface area contributed by atoms with Crippen LogP contribution in [0.25, 0.3) is 0 Å². The Balaban J connectivity index is 1.78. The molecule has 198 valence electrons. The molecule has 0 bridgehead atoms. The molecule has 1 unspecified atom stereocenters. The van der Waals surface area contributed by atoms with Gasteiger partial charge in [0.25, 0.3) is 0 Å². The first-order valence-corrected chi connectivity index (χ1v) is 15.4. The molecule has 0 amide bonds. The Morgan fingerprint density at radius 3 is 1.88 bits per heavy atom. The average molecular weight is 495 g/mol. The van der Waals surface area contributed by atoms with Gasteiger partial charge in [-0.3, -0.25) is 0 Å². The van der Waals surface area contributed by atoms with Crippen LogP contribution in [0.1, 0.15) is 115 Å². The summed E-state index contributed by atoms with van der Waals surface area (Å²) in [6.45, 7) is 4.79. The van der Waals surface area contributed by atoms with E-state index >= 15 is 0 Å². The van der Waals surface area contributed by atoms with E-state index in [0.29, 0.717) is 0 Å². The zero-order valence-electron chi connectivity index (χ0n) is 22.2. The summed E-state index contributed by atoms with van der Waals surface area (Å²) in [7, 11) is 0. The van der Waals surface area contributed by atoms with E-state index in [0.717, 1.165) is 38.4 Å². The highest BCUT2D eigenvalue weighted by Crippen LogP contribution is 2.14. The van der Waals surface area contributed by atoms with Crippen LogP contribution in [0.15, 0.2) is 30.3 Å². The number of rotatable bonds is 26. The topological polar surface area (TPSA) is 38.7 Å². The van der Waals surface area contributed by atoms with E-state index in [9.17, 15) is 5.11 Å². The van der Waals surface area contributed by atoms with E-state index < -0.39 is 0 Å². The molecule has 1 aromatic carbocycles. The van der Waals surface area contributed by atoms with Crippen LogP contribution in [0.4, 0.5) is 0 Å². The number of unbranched alkanes of at least 4 members (excludes halogenated alkanes) is 14. The lowest BCUT2D eigenvalue weighted by Crippen LogP contribution is -2.21. The maximum Gasteiger partial charge on any atom is 0.0895 e. The van der Waals surface area contributed by atoms with Gasteiger partial charge in [-0.05, 0) is 30.6 Å². The molecule has 3 nitrogen and oxygen atoms in total. The van der Waals surface area contributed by atoms with Crippen molar-refractivity contribution in [1.82, 2.24) is 0 Å². The zero-order valence-corrected chi connectivity index (χ0v) is 23.0. The summed E-state index contributed by atoms with van der Waals surface area (Å²) < 4.78 is 11.6. The third-order valence-electron chi connectivity index (χ3n) is 6.30. The molecule has 0 aliphatic rings. The normalized spacial score (nSPS) is 12.3. The molecule has 0 aliphatic carbocycles. The molecule has 0 heterocycles. The maximum absolute atomic E-state index is 9.57. The van der Waals surface area contributed by atoms with Crippen LogP contribution in [0.5, 0.6) is 0 Å². The summed E-state index contributed by atoms with van der Waals surface area (Å²) in [6.07, 6.45) is 21.1. The number of benzene rings is 1. The third kappa shape index (κ3) is 20.8. The Morgan fingerprint density at radius 2 is 1.26 bits per heavy atom. The van der Waals surface area contributed by atoms with E-state index in [4.69, 9.17) is 9.47 Å². The lowest BCUT2D eigenvalue weighted by atomic mass is 10.1. The summed E-state index contributed by atoms with van der Waals surface area (Å²) in [5, 5.41) is 9.57. The number of hydrogen-bond donors (Lipinski definition) is 1. The molecule has 34 heavy (non-hydrogen) atoms. The first kappa shape index (κ1) is 31.5. The fourth-order valence-corrected chi connectivity index (χ4v) is 5.13. The molecule has 4 heteroatoms. The molecule has 0 aliphatic heterocycles. The standard InChI is InChI=1S/C30H54O3S/c1-2-3-4-5-6-7-8-11-14-20-25-34-28-30(26-31)33-24-19-13-10-9-12-18-23-32-27-29-21-16-15-17-22-29/h15-17,21-22,30-31H,2-14,18-20,23-28H2,1H3. The number of thioether (sulfide) groups is 1. The first-order chi connectivity index (χ1) is 16.9. The first-order valence-electron chi connectivity index (χ1n) is 14.3. The van der Waals surface area contributed by atoms with Crippen LogP contribution in [0.3, 0.4) is 0 Å². The highest BCUT2D eigenvalue weighted by atomic mass is 32.2. The van der Waals surface area contributed by atoms with E-state index in [2.05, 4.69) is 31.2 Å². The van der Waals surface area contributed by atoms with Crippen LogP contribution in [0, 0.1) is 0 Å². The minimum atomic E-state index is 0.00915. The minimum Gasteiger partial charge on any atom is -0.394 e. The Kier molecular flexibility index (Phi) is 23.6. The van der Waals surface area contributed by atoms with Crippen molar-refractivity contribution in [3.8, 4) is 0 Å². The largest absolute Gasteiger partial charge is 0.394 e. The van der Waals surface area contributed by atoms with Crippen LogP contribution in [-0.2, 0) is 16.1 Å². The molecule has 1 rings (SSSR count). The van der Waals surface area contributed by atoms with Gasteiger partial charge in [0.1, 0.15) is 0 Å². The van der Waals surface area contributed by atoms with Gasteiger partial charge in [0, 0.05) is 19.0 Å². The van der Waals surface area contributed by atoms with Gasteiger partial charge in [-0.2, -0.15) is 11.8 Å². The number of aliphatic hydroxyl groups is 1. The number of aliphatic hydroxyl groups excluding tert-OH is 1. The van der Waals surface area contributed by atoms with Crippen molar-refractivity contribution in [2.45, 2.75) is 122 Å². The summed E-state index contributed by atoms with van der Waals surface area (Å²) in [6, 6.07) is 10.4. The molecular formula is C30H54O3S. The van der Waals surface area contributed by atoms with Gasteiger partial charge in [-0.15, -0.1) is 0 Å². The molecule has 0 radical (unpaired) electrons. The van der Waals surface area contributed by atoms with Crippen molar-refractivity contribution < 1.29 is 14.6 Å². The lowest BCUT2D eigenvalue weighted by Gasteiger charge is -2.15. The SMILES string of the molecule is CCCCCCCCCCCCSCC(CO)OCCCCCCCCOCc1ccccc1. The molecule has 0 saturated carbocycles. The molecule has 1 N–H and O–H groups in total. The van der Waals surface area contributed by atoms with Gasteiger partial charge in [-0.1, -0.05) is 121 Å². The van der Waals surface area contributed by atoms with Crippen molar-refractivity contribution in [2.24, 2.45) is 0 Å². The van der Waals surface area contributed by atoms with Gasteiger partial charge < -0.3 is 14.6 Å². The predicted molar refractivity (Wildman–Crippen MR) is 150 cm³/mol. The molecular weight excluding hydrogens is 440 g/mol. The molecule has 0 spiro atoms. The van der Waals surface area contributed by atoms with Gasteiger partial charge in [-0.25, -0.2) is 0 Å². The van der Waals surface area contributed by atoms with Crippen molar-refractivity contribution in [1.29, 1.82) is 0 Å². The number of hydrogen-bond acceptors (Lipinski definition) is 4. The third-order valence-corrected chi connectivity index (χ3v) is 7.48. The van der Waals surface area contributed by atoms with E-state index in [1.165, 1.54) is 101 Å². The van der Waals surface area contributed by atoms with Crippen molar-refractivity contribution in [3.63, 3.8) is 0 Å². The van der Waals surface area contributed by atoms with Gasteiger partial charge >= 0.3 is 0 Å². The lowest BCUT2D eigenvalue weighted by molar-refractivity contribution is 0.0260. The average Bonchev–Trinajstić information content (AvgIpc) is 2.87. The van der Waals surface area contributed by atoms with E-state index in [-0.39, 0.29) is 12.7 Å². The molecule has 0 saturated heterocycles.